The first-order valence-corrected chi connectivity index (χ1v) is 8.36. The highest BCUT2D eigenvalue weighted by Gasteiger charge is 2.08. The van der Waals surface area contributed by atoms with Crippen molar-refractivity contribution in [3.63, 3.8) is 0 Å². The van der Waals surface area contributed by atoms with Gasteiger partial charge in [-0.1, -0.05) is 17.7 Å². The Hall–Kier alpha value is -2.31. The molecular weight excluding hydrogens is 330 g/mol. The van der Waals surface area contributed by atoms with Gasteiger partial charge in [0, 0.05) is 33.6 Å². The lowest BCUT2D eigenvalue weighted by molar-refractivity contribution is 0.941. The molecule has 0 radical (unpaired) electrons. The molecule has 3 aromatic rings. The molecule has 1 aliphatic heterocycles. The third-order valence-corrected chi connectivity index (χ3v) is 4.39. The molecule has 7 heteroatoms. The fourth-order valence-corrected chi connectivity index (χ4v) is 3.13. The van der Waals surface area contributed by atoms with Gasteiger partial charge in [0.2, 0.25) is 0 Å². The summed E-state index contributed by atoms with van der Waals surface area (Å²) >= 11 is 7.71. The van der Waals surface area contributed by atoms with Crippen LogP contribution in [-0.2, 0) is 0 Å². The van der Waals surface area contributed by atoms with Gasteiger partial charge in [-0.3, -0.25) is 4.99 Å². The van der Waals surface area contributed by atoms with Crippen molar-refractivity contribution in [1.82, 2.24) is 14.6 Å². The van der Waals surface area contributed by atoms with Crippen molar-refractivity contribution in [2.45, 2.75) is 0 Å². The van der Waals surface area contributed by atoms with Crippen LogP contribution in [0.4, 0.5) is 11.5 Å². The average molecular weight is 342 g/mol. The van der Waals surface area contributed by atoms with Gasteiger partial charge in [0.05, 0.1) is 12.1 Å². The van der Waals surface area contributed by atoms with E-state index >= 15 is 0 Å². The van der Waals surface area contributed by atoms with E-state index < -0.39 is 0 Å². The van der Waals surface area contributed by atoms with E-state index in [-0.39, 0.29) is 0 Å². The van der Waals surface area contributed by atoms with Gasteiger partial charge >= 0.3 is 0 Å². The largest absolute Gasteiger partial charge is 0.340 e. The zero-order valence-corrected chi connectivity index (χ0v) is 13.6. The fraction of sp³-hybridized carbons (Fsp3) is 0.0625. The number of rotatable bonds is 3. The zero-order chi connectivity index (χ0) is 15.6. The number of benzene rings is 1. The van der Waals surface area contributed by atoms with Gasteiger partial charge in [-0.15, -0.1) is 11.8 Å². The highest BCUT2D eigenvalue weighted by molar-refractivity contribution is 8.04. The number of halogens is 1. The van der Waals surface area contributed by atoms with Crippen LogP contribution in [0.2, 0.25) is 5.02 Å². The van der Waals surface area contributed by atoms with Crippen molar-refractivity contribution >= 4 is 52.8 Å². The lowest BCUT2D eigenvalue weighted by atomic mass is 10.3. The molecule has 23 heavy (non-hydrogen) atoms. The second-order valence-corrected chi connectivity index (χ2v) is 6.40. The second kappa shape index (κ2) is 6.06. The number of nitrogens with zero attached hydrogens (tertiary/aromatic N) is 4. The van der Waals surface area contributed by atoms with Crippen LogP contribution >= 0.6 is 23.4 Å². The van der Waals surface area contributed by atoms with Crippen molar-refractivity contribution in [3.05, 3.63) is 58.2 Å². The topological polar surface area (TPSA) is 54.6 Å². The Morgan fingerprint density at radius 1 is 1.30 bits per heavy atom. The molecule has 114 valence electrons. The summed E-state index contributed by atoms with van der Waals surface area (Å²) in [6.45, 7) is 0. The van der Waals surface area contributed by atoms with Gasteiger partial charge in [0.15, 0.2) is 5.65 Å². The van der Waals surface area contributed by atoms with E-state index in [9.17, 15) is 0 Å². The zero-order valence-electron chi connectivity index (χ0n) is 12.0. The van der Waals surface area contributed by atoms with Gasteiger partial charge in [-0.25, -0.2) is 9.50 Å². The van der Waals surface area contributed by atoms with Crippen LogP contribution in [0, 0.1) is 0 Å². The van der Waals surface area contributed by atoms with Gasteiger partial charge in [0.1, 0.15) is 5.82 Å². The Morgan fingerprint density at radius 3 is 3.09 bits per heavy atom. The molecule has 0 unspecified atom stereocenters. The number of aliphatic imine (C=N–C) groups is 1. The summed E-state index contributed by atoms with van der Waals surface area (Å²) in [7, 11) is 0. The second-order valence-electron chi connectivity index (χ2n) is 4.95. The predicted octanol–water partition coefficient (Wildman–Crippen LogP) is 4.24. The maximum absolute atomic E-state index is 6.01. The van der Waals surface area contributed by atoms with Crippen molar-refractivity contribution in [2.75, 3.05) is 11.2 Å². The summed E-state index contributed by atoms with van der Waals surface area (Å²) in [6.07, 6.45) is 7.63. The molecule has 0 aliphatic carbocycles. The number of anilines is 2. The first-order valence-electron chi connectivity index (χ1n) is 6.99. The number of allylic oxidation sites excluding steroid dienone is 1. The highest BCUT2D eigenvalue weighted by Crippen LogP contribution is 2.24. The van der Waals surface area contributed by atoms with Crippen molar-refractivity contribution in [3.8, 4) is 0 Å². The lowest BCUT2D eigenvalue weighted by Gasteiger charge is -2.06. The molecule has 0 spiro atoms. The molecule has 3 heterocycles. The lowest BCUT2D eigenvalue weighted by Crippen LogP contribution is -1.97. The molecule has 1 N–H and O–H groups in total. The van der Waals surface area contributed by atoms with Gasteiger partial charge in [0.25, 0.3) is 0 Å². The smallest absolute Gasteiger partial charge is 0.164 e. The van der Waals surface area contributed by atoms with E-state index in [0.717, 1.165) is 33.5 Å². The van der Waals surface area contributed by atoms with Crippen molar-refractivity contribution in [2.24, 2.45) is 4.99 Å². The standard InChI is InChI=1S/C16H12ClN5S/c17-12-2-1-3-13(7-12)20-15-4-5-22-16(21-15)11(8-19-22)6-14-9-18-10-23-14/h1-9H,10H2,(H,20,21). The Morgan fingerprint density at radius 2 is 2.26 bits per heavy atom. The quantitative estimate of drug-likeness (QED) is 0.774. The number of nitrogens with one attached hydrogen (secondary N) is 1. The molecular formula is C16H12ClN5S. The number of hydrogen-bond donors (Lipinski definition) is 1. The third kappa shape index (κ3) is 3.09. The highest BCUT2D eigenvalue weighted by atomic mass is 35.5. The van der Waals surface area contributed by atoms with E-state index in [1.54, 1.807) is 16.3 Å². The van der Waals surface area contributed by atoms with E-state index in [1.165, 1.54) is 0 Å². The van der Waals surface area contributed by atoms with Gasteiger partial charge in [-0.2, -0.15) is 5.10 Å². The van der Waals surface area contributed by atoms with Crippen molar-refractivity contribution < 1.29 is 0 Å². The normalized spacial score (nSPS) is 15.6. The third-order valence-electron chi connectivity index (χ3n) is 3.32. The molecule has 0 fully saturated rings. The molecule has 1 aliphatic rings. The molecule has 0 bridgehead atoms. The van der Waals surface area contributed by atoms with Crippen LogP contribution < -0.4 is 5.32 Å². The summed E-state index contributed by atoms with van der Waals surface area (Å²) in [5, 5.41) is 8.27. The monoisotopic (exact) mass is 341 g/mol. The summed E-state index contributed by atoms with van der Waals surface area (Å²) < 4.78 is 1.76. The molecule has 2 aromatic heterocycles. The Bertz CT molecular complexity index is 931. The van der Waals surface area contributed by atoms with E-state index in [4.69, 9.17) is 11.6 Å². The van der Waals surface area contributed by atoms with Crippen LogP contribution in [0.15, 0.2) is 52.6 Å². The molecule has 0 amide bonds. The minimum absolute atomic E-state index is 0.684. The fourth-order valence-electron chi connectivity index (χ4n) is 2.28. The maximum Gasteiger partial charge on any atom is 0.164 e. The Labute approximate surface area is 142 Å². The van der Waals surface area contributed by atoms with E-state index in [1.807, 2.05) is 48.9 Å². The SMILES string of the molecule is Clc1cccc(Nc2ccn3ncc(C=C4C=NCS4)c3n2)c1. The van der Waals surface area contributed by atoms with Crippen LogP contribution in [0.5, 0.6) is 0 Å². The molecule has 5 nitrogen and oxygen atoms in total. The molecule has 1 aromatic carbocycles. The van der Waals surface area contributed by atoms with Crippen LogP contribution in [0.3, 0.4) is 0 Å². The summed E-state index contributed by atoms with van der Waals surface area (Å²) in [5.74, 6) is 1.52. The first-order chi connectivity index (χ1) is 11.3. The minimum Gasteiger partial charge on any atom is -0.340 e. The van der Waals surface area contributed by atoms with Crippen LogP contribution in [0.1, 0.15) is 5.56 Å². The van der Waals surface area contributed by atoms with Gasteiger partial charge in [-0.05, 0) is 30.3 Å². The number of aromatic nitrogens is 3. The Balaban J connectivity index is 1.69. The molecule has 4 rings (SSSR count). The molecule has 0 saturated carbocycles. The summed E-state index contributed by atoms with van der Waals surface area (Å²) in [5.41, 5.74) is 2.66. The number of fused-ring (bicyclic) bond motifs is 1. The van der Waals surface area contributed by atoms with Gasteiger partial charge < -0.3 is 5.32 Å². The summed E-state index contributed by atoms with van der Waals surface area (Å²) in [4.78, 5) is 9.97. The predicted molar refractivity (Wildman–Crippen MR) is 96.6 cm³/mol. The average Bonchev–Trinajstić information content (AvgIpc) is 3.18. The van der Waals surface area contributed by atoms with Crippen LogP contribution in [0.25, 0.3) is 11.7 Å². The first kappa shape index (κ1) is 14.3. The van der Waals surface area contributed by atoms with Crippen LogP contribution in [-0.4, -0.2) is 26.7 Å². The number of thioether (sulfide) groups is 1. The van der Waals surface area contributed by atoms with E-state index in [0.29, 0.717) is 5.02 Å². The number of hydrogen-bond acceptors (Lipinski definition) is 5. The summed E-state index contributed by atoms with van der Waals surface area (Å²) in [6, 6.07) is 9.42. The van der Waals surface area contributed by atoms with Crippen molar-refractivity contribution in [1.29, 1.82) is 0 Å². The minimum atomic E-state index is 0.684. The molecule has 0 atom stereocenters. The van der Waals surface area contributed by atoms with E-state index in [2.05, 4.69) is 26.5 Å². The molecule has 0 saturated heterocycles. The Kier molecular flexibility index (Phi) is 3.77. The maximum atomic E-state index is 6.01.